The van der Waals surface area contributed by atoms with Gasteiger partial charge in [0.25, 0.3) is 5.89 Å². The Labute approximate surface area is 224 Å². The van der Waals surface area contributed by atoms with E-state index in [1.54, 1.807) is 0 Å². The SMILES string of the molecule is CCCCC(Nc1ccc(CNCCC(=O)OCC)cc1)c1ccc(-c2noc(-c3ccccc3)n2)cc1. The fraction of sp³-hybridized carbons (Fsp3) is 0.323. The standard InChI is InChI=1S/C31H36N4O3/c1-3-5-11-28(33-27-18-12-23(13-19-27)22-32-21-20-29(36)37-4-2)24-14-16-25(17-15-24)30-34-31(38-35-30)26-9-7-6-8-10-26/h6-10,12-19,28,32-33H,3-5,11,20-22H2,1-2H3. The summed E-state index contributed by atoms with van der Waals surface area (Å²) in [5.41, 5.74) is 5.30. The van der Waals surface area contributed by atoms with Gasteiger partial charge in [0.2, 0.25) is 5.82 Å². The highest BCUT2D eigenvalue weighted by Gasteiger charge is 2.14. The maximum Gasteiger partial charge on any atom is 0.307 e. The van der Waals surface area contributed by atoms with Crippen molar-refractivity contribution >= 4 is 11.7 Å². The highest BCUT2D eigenvalue weighted by molar-refractivity contribution is 5.69. The molecule has 7 nitrogen and oxygen atoms in total. The van der Waals surface area contributed by atoms with Crippen molar-refractivity contribution in [1.29, 1.82) is 0 Å². The molecule has 7 heteroatoms. The van der Waals surface area contributed by atoms with E-state index in [2.05, 4.69) is 76.2 Å². The van der Waals surface area contributed by atoms with Crippen molar-refractivity contribution in [3.8, 4) is 22.8 Å². The van der Waals surface area contributed by atoms with Gasteiger partial charge in [-0.15, -0.1) is 0 Å². The van der Waals surface area contributed by atoms with Crippen LogP contribution in [0.2, 0.25) is 0 Å². The molecule has 2 N–H and O–H groups in total. The molecule has 38 heavy (non-hydrogen) atoms. The number of unbranched alkanes of at least 4 members (excludes halogenated alkanes) is 1. The van der Waals surface area contributed by atoms with Crippen LogP contribution < -0.4 is 10.6 Å². The molecule has 0 spiro atoms. The molecule has 0 amide bonds. The lowest BCUT2D eigenvalue weighted by Crippen LogP contribution is -2.19. The molecule has 0 bridgehead atoms. The summed E-state index contributed by atoms with van der Waals surface area (Å²) in [5.74, 6) is 0.935. The lowest BCUT2D eigenvalue weighted by molar-refractivity contribution is -0.142. The molecule has 0 saturated carbocycles. The fourth-order valence-corrected chi connectivity index (χ4v) is 4.21. The van der Waals surface area contributed by atoms with Gasteiger partial charge >= 0.3 is 5.97 Å². The molecule has 198 valence electrons. The number of esters is 1. The Hall–Kier alpha value is -3.97. The van der Waals surface area contributed by atoms with Gasteiger partial charge in [0.05, 0.1) is 19.1 Å². The van der Waals surface area contributed by atoms with Crippen molar-refractivity contribution < 1.29 is 14.1 Å². The molecule has 0 saturated heterocycles. The molecular weight excluding hydrogens is 476 g/mol. The number of ether oxygens (including phenoxy) is 1. The topological polar surface area (TPSA) is 89.3 Å². The number of carbonyl (C=O) groups is 1. The van der Waals surface area contributed by atoms with Crippen LogP contribution >= 0.6 is 0 Å². The lowest BCUT2D eigenvalue weighted by Gasteiger charge is -2.21. The number of nitrogens with one attached hydrogen (secondary N) is 2. The van der Waals surface area contributed by atoms with E-state index in [0.717, 1.165) is 36.1 Å². The first-order valence-corrected chi connectivity index (χ1v) is 13.4. The van der Waals surface area contributed by atoms with Crippen LogP contribution in [0, 0.1) is 0 Å². The number of hydrogen-bond donors (Lipinski definition) is 2. The minimum atomic E-state index is -0.167. The van der Waals surface area contributed by atoms with Crippen LogP contribution in [0.15, 0.2) is 83.4 Å². The molecule has 1 atom stereocenters. The van der Waals surface area contributed by atoms with Gasteiger partial charge in [-0.2, -0.15) is 4.98 Å². The summed E-state index contributed by atoms with van der Waals surface area (Å²) >= 11 is 0. The number of carbonyl (C=O) groups excluding carboxylic acids is 1. The first-order chi connectivity index (χ1) is 18.7. The number of hydrogen-bond acceptors (Lipinski definition) is 7. The summed E-state index contributed by atoms with van der Waals surface area (Å²) in [4.78, 5) is 16.0. The molecule has 0 fully saturated rings. The van der Waals surface area contributed by atoms with Gasteiger partial charge in [0.15, 0.2) is 0 Å². The van der Waals surface area contributed by atoms with E-state index < -0.39 is 0 Å². The predicted molar refractivity (Wildman–Crippen MR) is 150 cm³/mol. The molecule has 1 heterocycles. The molecule has 1 aromatic heterocycles. The first-order valence-electron chi connectivity index (χ1n) is 13.4. The Morgan fingerprint density at radius 1 is 0.947 bits per heavy atom. The molecule has 1 unspecified atom stereocenters. The van der Waals surface area contributed by atoms with Crippen LogP contribution in [0.25, 0.3) is 22.8 Å². The van der Waals surface area contributed by atoms with Gasteiger partial charge < -0.3 is 19.9 Å². The van der Waals surface area contributed by atoms with Crippen LogP contribution in [0.4, 0.5) is 5.69 Å². The van der Waals surface area contributed by atoms with E-state index in [4.69, 9.17) is 9.26 Å². The Balaban J connectivity index is 1.36. The van der Waals surface area contributed by atoms with Crippen LogP contribution in [0.1, 0.15) is 56.7 Å². The lowest BCUT2D eigenvalue weighted by atomic mass is 9.99. The van der Waals surface area contributed by atoms with Crippen LogP contribution in [0.3, 0.4) is 0 Å². The van der Waals surface area contributed by atoms with Gasteiger partial charge in [0.1, 0.15) is 0 Å². The third-order valence-electron chi connectivity index (χ3n) is 6.30. The molecule has 0 aliphatic carbocycles. The van der Waals surface area contributed by atoms with E-state index in [0.29, 0.717) is 37.8 Å². The quantitative estimate of drug-likeness (QED) is 0.142. The molecule has 3 aromatic carbocycles. The van der Waals surface area contributed by atoms with Gasteiger partial charge in [0, 0.05) is 29.9 Å². The third-order valence-corrected chi connectivity index (χ3v) is 6.30. The van der Waals surface area contributed by atoms with Crippen molar-refractivity contribution in [3.05, 3.63) is 90.0 Å². The van der Waals surface area contributed by atoms with E-state index in [9.17, 15) is 4.79 Å². The normalized spacial score (nSPS) is 11.7. The maximum atomic E-state index is 11.5. The van der Waals surface area contributed by atoms with E-state index in [1.165, 1.54) is 11.1 Å². The van der Waals surface area contributed by atoms with Crippen LogP contribution in [-0.4, -0.2) is 29.3 Å². The Bertz CT molecular complexity index is 1250. The fourth-order valence-electron chi connectivity index (χ4n) is 4.21. The molecule has 0 aliphatic heterocycles. The minimum Gasteiger partial charge on any atom is -0.466 e. The monoisotopic (exact) mass is 512 g/mol. The summed E-state index contributed by atoms with van der Waals surface area (Å²) in [6.45, 7) is 5.77. The average Bonchev–Trinajstić information content (AvgIpc) is 3.45. The van der Waals surface area contributed by atoms with Crippen LogP contribution in [0.5, 0.6) is 0 Å². The number of nitrogens with zero attached hydrogens (tertiary/aromatic N) is 2. The van der Waals surface area contributed by atoms with E-state index >= 15 is 0 Å². The summed E-state index contributed by atoms with van der Waals surface area (Å²) < 4.78 is 10.4. The Morgan fingerprint density at radius 3 is 2.42 bits per heavy atom. The second-order valence-corrected chi connectivity index (χ2v) is 9.18. The smallest absolute Gasteiger partial charge is 0.307 e. The maximum absolute atomic E-state index is 11.5. The summed E-state index contributed by atoms with van der Waals surface area (Å²) in [5, 5.41) is 11.2. The highest BCUT2D eigenvalue weighted by atomic mass is 16.5. The van der Waals surface area contributed by atoms with Crippen molar-refractivity contribution in [3.63, 3.8) is 0 Å². The zero-order valence-electron chi connectivity index (χ0n) is 22.2. The van der Waals surface area contributed by atoms with E-state index in [1.807, 2.05) is 37.3 Å². The third kappa shape index (κ3) is 7.76. The second kappa shape index (κ2) is 14.1. The molecular formula is C31H36N4O3. The number of benzene rings is 3. The molecule has 4 aromatic rings. The zero-order chi connectivity index (χ0) is 26.6. The van der Waals surface area contributed by atoms with Crippen molar-refractivity contribution in [2.75, 3.05) is 18.5 Å². The van der Waals surface area contributed by atoms with Gasteiger partial charge in [-0.1, -0.05) is 79.5 Å². The Morgan fingerprint density at radius 2 is 1.71 bits per heavy atom. The Kier molecular flexibility index (Phi) is 10.0. The molecule has 4 rings (SSSR count). The molecule has 0 aliphatic rings. The van der Waals surface area contributed by atoms with Crippen molar-refractivity contribution in [2.24, 2.45) is 0 Å². The zero-order valence-corrected chi connectivity index (χ0v) is 22.2. The van der Waals surface area contributed by atoms with Gasteiger partial charge in [-0.25, -0.2) is 0 Å². The van der Waals surface area contributed by atoms with Crippen molar-refractivity contribution in [1.82, 2.24) is 15.5 Å². The van der Waals surface area contributed by atoms with Gasteiger partial charge in [-0.05, 0) is 48.7 Å². The summed E-state index contributed by atoms with van der Waals surface area (Å²) in [6, 6.07) is 26.8. The average molecular weight is 513 g/mol. The van der Waals surface area contributed by atoms with Gasteiger partial charge in [-0.3, -0.25) is 4.79 Å². The molecule has 0 radical (unpaired) electrons. The number of aromatic nitrogens is 2. The minimum absolute atomic E-state index is 0.167. The second-order valence-electron chi connectivity index (χ2n) is 9.18. The van der Waals surface area contributed by atoms with Crippen LogP contribution in [-0.2, 0) is 16.1 Å². The highest BCUT2D eigenvalue weighted by Crippen LogP contribution is 2.28. The number of anilines is 1. The number of rotatable bonds is 14. The largest absolute Gasteiger partial charge is 0.466 e. The van der Waals surface area contributed by atoms with Crippen molar-refractivity contribution in [2.45, 2.75) is 52.1 Å². The first kappa shape index (κ1) is 27.1. The predicted octanol–water partition coefficient (Wildman–Crippen LogP) is 6.79. The summed E-state index contributed by atoms with van der Waals surface area (Å²) in [7, 11) is 0. The summed E-state index contributed by atoms with van der Waals surface area (Å²) in [6.07, 6.45) is 3.69. The van der Waals surface area contributed by atoms with E-state index in [-0.39, 0.29) is 12.0 Å².